The van der Waals surface area contributed by atoms with Crippen LogP contribution in [-0.2, 0) is 0 Å². The second-order valence-corrected chi connectivity index (χ2v) is 3.49. The maximum Gasteiger partial charge on any atom is 0.254 e. The topological polar surface area (TPSA) is 75.3 Å². The smallest absolute Gasteiger partial charge is 0.254 e. The van der Waals surface area contributed by atoms with E-state index >= 15 is 0 Å². The minimum Gasteiger partial charge on any atom is -0.503 e. The Kier molecular flexibility index (Phi) is 3.95. The minimum atomic E-state index is -1.73. The van der Waals surface area contributed by atoms with Crippen LogP contribution < -0.4 is 11.1 Å². The lowest BCUT2D eigenvalue weighted by atomic mass is 10.1. The largest absolute Gasteiger partial charge is 0.503 e. The summed E-state index contributed by atoms with van der Waals surface area (Å²) in [5.74, 6) is -7.24. The van der Waals surface area contributed by atoms with Crippen molar-refractivity contribution in [2.45, 2.75) is 13.0 Å². The number of hydrogen-bond donors (Lipinski definition) is 3. The summed E-state index contributed by atoms with van der Waals surface area (Å²) in [5.41, 5.74) is 4.45. The van der Waals surface area contributed by atoms with Gasteiger partial charge in [-0.05, 0) is 13.0 Å². The van der Waals surface area contributed by atoms with E-state index in [9.17, 15) is 18.0 Å². The maximum atomic E-state index is 13.3. The average molecular weight is 248 g/mol. The average Bonchev–Trinajstić information content (AvgIpc) is 2.30. The second kappa shape index (κ2) is 5.05. The number of phenols is 1. The fourth-order valence-electron chi connectivity index (χ4n) is 1.12. The van der Waals surface area contributed by atoms with Crippen LogP contribution in [0.25, 0.3) is 0 Å². The molecule has 17 heavy (non-hydrogen) atoms. The van der Waals surface area contributed by atoms with Crippen LogP contribution in [0.3, 0.4) is 0 Å². The zero-order valence-corrected chi connectivity index (χ0v) is 8.93. The van der Waals surface area contributed by atoms with Crippen LogP contribution in [0, 0.1) is 17.5 Å². The van der Waals surface area contributed by atoms with E-state index in [2.05, 4.69) is 5.32 Å². The third-order valence-electron chi connectivity index (χ3n) is 2.11. The summed E-state index contributed by atoms with van der Waals surface area (Å²) in [6.07, 6.45) is 0. The number of nitrogens with two attached hydrogens (primary N) is 1. The highest BCUT2D eigenvalue weighted by atomic mass is 19.2. The highest BCUT2D eigenvalue weighted by Gasteiger charge is 2.22. The number of amides is 1. The first-order chi connectivity index (χ1) is 7.88. The Morgan fingerprint density at radius 1 is 1.47 bits per heavy atom. The summed E-state index contributed by atoms with van der Waals surface area (Å²) in [6.45, 7) is 1.65. The quantitative estimate of drug-likeness (QED) is 0.695. The van der Waals surface area contributed by atoms with Gasteiger partial charge in [0.2, 0.25) is 5.82 Å². The van der Waals surface area contributed by atoms with Gasteiger partial charge in [0.05, 0.1) is 5.56 Å². The van der Waals surface area contributed by atoms with Crippen molar-refractivity contribution in [2.75, 3.05) is 6.54 Å². The number of aromatic hydroxyl groups is 1. The molecule has 0 aromatic heterocycles. The molecule has 0 saturated heterocycles. The summed E-state index contributed by atoms with van der Waals surface area (Å²) in [5, 5.41) is 11.2. The first-order valence-electron chi connectivity index (χ1n) is 4.75. The molecule has 0 radical (unpaired) electrons. The van der Waals surface area contributed by atoms with Crippen LogP contribution in [-0.4, -0.2) is 23.6 Å². The molecule has 1 unspecified atom stereocenters. The Morgan fingerprint density at radius 3 is 2.59 bits per heavy atom. The number of phenolic OH excluding ortho intramolecular Hbond substituents is 1. The molecule has 1 rings (SSSR count). The van der Waals surface area contributed by atoms with Crippen molar-refractivity contribution in [2.24, 2.45) is 5.73 Å². The van der Waals surface area contributed by atoms with Gasteiger partial charge in [-0.1, -0.05) is 0 Å². The fourth-order valence-corrected chi connectivity index (χ4v) is 1.12. The summed E-state index contributed by atoms with van der Waals surface area (Å²) in [4.78, 5) is 11.4. The van der Waals surface area contributed by atoms with Gasteiger partial charge in [-0.2, -0.15) is 4.39 Å². The third-order valence-corrected chi connectivity index (χ3v) is 2.11. The monoisotopic (exact) mass is 248 g/mol. The Morgan fingerprint density at radius 2 is 2.06 bits per heavy atom. The molecule has 94 valence electrons. The fraction of sp³-hybridized carbons (Fsp3) is 0.300. The second-order valence-electron chi connectivity index (χ2n) is 3.49. The van der Waals surface area contributed by atoms with Gasteiger partial charge in [-0.25, -0.2) is 8.78 Å². The van der Waals surface area contributed by atoms with Crippen LogP contribution in [0.4, 0.5) is 13.2 Å². The lowest BCUT2D eigenvalue weighted by molar-refractivity contribution is 0.0935. The standard InChI is InChI=1S/C10H11F3N2O2/c1-4(3-14)15-10(17)5-2-6(11)8(13)9(16)7(5)12/h2,4,16H,3,14H2,1H3,(H,15,17). The normalized spacial score (nSPS) is 12.3. The van der Waals surface area contributed by atoms with E-state index < -0.39 is 40.7 Å². The molecule has 0 fully saturated rings. The number of nitrogens with one attached hydrogen (secondary N) is 1. The van der Waals surface area contributed by atoms with Gasteiger partial charge in [0.25, 0.3) is 5.91 Å². The predicted octanol–water partition coefficient (Wildman–Crippen LogP) is 0.886. The van der Waals surface area contributed by atoms with Crippen LogP contribution in [0.15, 0.2) is 6.07 Å². The highest BCUT2D eigenvalue weighted by molar-refractivity contribution is 5.95. The van der Waals surface area contributed by atoms with Gasteiger partial charge < -0.3 is 16.2 Å². The zero-order valence-electron chi connectivity index (χ0n) is 8.93. The lowest BCUT2D eigenvalue weighted by Gasteiger charge is -2.12. The molecule has 0 bridgehead atoms. The van der Waals surface area contributed by atoms with E-state index in [-0.39, 0.29) is 6.54 Å². The molecule has 1 amide bonds. The predicted molar refractivity (Wildman–Crippen MR) is 54.0 cm³/mol. The molecular formula is C10H11F3N2O2. The van der Waals surface area contributed by atoms with Crippen molar-refractivity contribution in [1.29, 1.82) is 0 Å². The summed E-state index contributed by atoms with van der Waals surface area (Å²) in [7, 11) is 0. The van der Waals surface area contributed by atoms with Crippen LogP contribution >= 0.6 is 0 Å². The first kappa shape index (κ1) is 13.3. The molecule has 0 aliphatic heterocycles. The maximum absolute atomic E-state index is 13.3. The molecule has 7 heteroatoms. The first-order valence-corrected chi connectivity index (χ1v) is 4.75. The summed E-state index contributed by atoms with van der Waals surface area (Å²) in [6, 6.07) is -0.0830. The number of benzene rings is 1. The number of carbonyl (C=O) groups is 1. The SMILES string of the molecule is CC(CN)NC(=O)c1cc(F)c(F)c(O)c1F. The number of carbonyl (C=O) groups excluding carboxylic acids is 1. The molecule has 1 aromatic rings. The van der Waals surface area contributed by atoms with Gasteiger partial charge in [0.15, 0.2) is 17.4 Å². The molecule has 0 saturated carbocycles. The molecular weight excluding hydrogens is 237 g/mol. The van der Waals surface area contributed by atoms with Gasteiger partial charge in [-0.15, -0.1) is 0 Å². The molecule has 0 spiro atoms. The number of hydrogen-bond acceptors (Lipinski definition) is 3. The van der Waals surface area contributed by atoms with Gasteiger partial charge in [0.1, 0.15) is 0 Å². The lowest BCUT2D eigenvalue weighted by Crippen LogP contribution is -2.38. The van der Waals surface area contributed by atoms with Crippen molar-refractivity contribution in [3.05, 3.63) is 29.1 Å². The van der Waals surface area contributed by atoms with E-state index in [1.807, 2.05) is 0 Å². The Labute approximate surface area is 95.2 Å². The van der Waals surface area contributed by atoms with Gasteiger partial charge in [0, 0.05) is 12.6 Å². The van der Waals surface area contributed by atoms with Crippen molar-refractivity contribution >= 4 is 5.91 Å². The molecule has 0 aliphatic rings. The van der Waals surface area contributed by atoms with Crippen molar-refractivity contribution in [3.8, 4) is 5.75 Å². The van der Waals surface area contributed by atoms with E-state index in [1.165, 1.54) is 0 Å². The van der Waals surface area contributed by atoms with E-state index in [4.69, 9.17) is 10.8 Å². The number of halogens is 3. The Hall–Kier alpha value is -1.76. The van der Waals surface area contributed by atoms with Crippen LogP contribution in [0.1, 0.15) is 17.3 Å². The van der Waals surface area contributed by atoms with Crippen LogP contribution in [0.2, 0.25) is 0 Å². The molecule has 1 aromatic carbocycles. The molecule has 4 nitrogen and oxygen atoms in total. The van der Waals surface area contributed by atoms with Gasteiger partial charge in [-0.3, -0.25) is 4.79 Å². The van der Waals surface area contributed by atoms with E-state index in [0.29, 0.717) is 6.07 Å². The molecule has 0 aliphatic carbocycles. The molecule has 1 atom stereocenters. The molecule has 0 heterocycles. The highest BCUT2D eigenvalue weighted by Crippen LogP contribution is 2.25. The van der Waals surface area contributed by atoms with Crippen molar-refractivity contribution < 1.29 is 23.1 Å². The Balaban J connectivity index is 3.11. The minimum absolute atomic E-state index is 0.100. The van der Waals surface area contributed by atoms with Crippen molar-refractivity contribution in [1.82, 2.24) is 5.32 Å². The summed E-state index contributed by atoms with van der Waals surface area (Å²) >= 11 is 0. The Bertz CT molecular complexity index is 452. The van der Waals surface area contributed by atoms with Gasteiger partial charge >= 0.3 is 0 Å². The van der Waals surface area contributed by atoms with Crippen LogP contribution in [0.5, 0.6) is 5.75 Å². The summed E-state index contributed by atoms with van der Waals surface area (Å²) < 4.78 is 38.9. The van der Waals surface area contributed by atoms with E-state index in [1.54, 1.807) is 6.92 Å². The van der Waals surface area contributed by atoms with E-state index in [0.717, 1.165) is 0 Å². The number of rotatable bonds is 3. The van der Waals surface area contributed by atoms with Crippen molar-refractivity contribution in [3.63, 3.8) is 0 Å². The third kappa shape index (κ3) is 2.68. The molecule has 4 N–H and O–H groups in total. The zero-order chi connectivity index (χ0) is 13.2.